The van der Waals surface area contributed by atoms with Crippen LogP contribution in [-0.2, 0) is 71.1 Å². The van der Waals surface area contributed by atoms with E-state index in [1.165, 1.54) is 0 Å². The summed E-state index contributed by atoms with van der Waals surface area (Å²) < 4.78 is 74.7. The SMILES string of the molecule is C=CC(=O)O.CC(O)COC(C)CO.OCCOCCOCCOCCOCCOCCOCCOCCOCCOCCOCCOCCOCCOCCO. The summed E-state index contributed by atoms with van der Waals surface area (Å²) in [6.07, 6.45) is 0.221. The molecule has 0 aromatic heterocycles. The van der Waals surface area contributed by atoms with Gasteiger partial charge in [0.25, 0.3) is 0 Å². The molecule has 0 aromatic rings. The molecule has 20 heteroatoms. The number of carboxylic acids is 1. The van der Waals surface area contributed by atoms with Gasteiger partial charge in [-0.3, -0.25) is 0 Å². The molecule has 0 saturated heterocycles. The van der Waals surface area contributed by atoms with Crippen molar-refractivity contribution in [2.75, 3.05) is 198 Å². The van der Waals surface area contributed by atoms with Crippen LogP contribution in [0, 0.1) is 0 Å². The molecule has 0 spiro atoms. The third-order valence-corrected chi connectivity index (χ3v) is 5.99. The van der Waals surface area contributed by atoms with E-state index in [2.05, 4.69) is 6.58 Å². The minimum absolute atomic E-state index is 0.00667. The number of ether oxygens (including phenoxy) is 14. The van der Waals surface area contributed by atoms with E-state index in [-0.39, 0.29) is 25.9 Å². The van der Waals surface area contributed by atoms with Crippen molar-refractivity contribution in [3.8, 4) is 0 Å². The van der Waals surface area contributed by atoms with Crippen LogP contribution in [0.4, 0.5) is 0 Å². The highest BCUT2D eigenvalue weighted by Gasteiger charge is 2.01. The highest BCUT2D eigenvalue weighted by molar-refractivity contribution is 5.78. The number of aliphatic carboxylic acids is 1. The molecule has 57 heavy (non-hydrogen) atoms. The van der Waals surface area contributed by atoms with Crippen LogP contribution in [0.5, 0.6) is 0 Å². The van der Waals surface area contributed by atoms with Crippen LogP contribution in [-0.4, -0.2) is 242 Å². The van der Waals surface area contributed by atoms with Crippen molar-refractivity contribution in [1.82, 2.24) is 0 Å². The molecular formula is C37H76O20. The summed E-state index contributed by atoms with van der Waals surface area (Å²) in [4.78, 5) is 9.25. The van der Waals surface area contributed by atoms with Crippen LogP contribution in [0.3, 0.4) is 0 Å². The molecule has 0 saturated carbocycles. The van der Waals surface area contributed by atoms with E-state index in [0.29, 0.717) is 178 Å². The highest BCUT2D eigenvalue weighted by Crippen LogP contribution is 1.91. The van der Waals surface area contributed by atoms with Gasteiger partial charge >= 0.3 is 5.97 Å². The number of hydrogen-bond donors (Lipinski definition) is 5. The number of hydrogen-bond acceptors (Lipinski definition) is 19. The summed E-state index contributed by atoms with van der Waals surface area (Å²) in [7, 11) is 0. The third kappa shape index (κ3) is 66.6. The first-order valence-corrected chi connectivity index (χ1v) is 19.3. The molecule has 5 N–H and O–H groups in total. The van der Waals surface area contributed by atoms with Gasteiger partial charge in [0.2, 0.25) is 0 Å². The lowest BCUT2D eigenvalue weighted by atomic mass is 10.4. The number of carboxylic acid groups (broad SMARTS) is 1. The number of aliphatic hydroxyl groups is 4. The topological polar surface area (TPSA) is 247 Å². The van der Waals surface area contributed by atoms with Crippen LogP contribution >= 0.6 is 0 Å². The second-order valence-electron chi connectivity index (χ2n) is 11.1. The van der Waals surface area contributed by atoms with Gasteiger partial charge in [-0.25, -0.2) is 4.79 Å². The maximum atomic E-state index is 9.25. The Morgan fingerprint density at radius 1 is 0.439 bits per heavy atom. The Bertz CT molecular complexity index is 699. The lowest BCUT2D eigenvalue weighted by Gasteiger charge is -2.10. The molecule has 0 amide bonds. The monoisotopic (exact) mass is 840 g/mol. The van der Waals surface area contributed by atoms with Crippen LogP contribution in [0.2, 0.25) is 0 Å². The summed E-state index contributed by atoms with van der Waals surface area (Å²) in [5, 5.41) is 41.9. The molecule has 0 aliphatic heterocycles. The van der Waals surface area contributed by atoms with Crippen molar-refractivity contribution in [3.63, 3.8) is 0 Å². The number of carbonyl (C=O) groups is 1. The summed E-state index contributed by atoms with van der Waals surface area (Å²) >= 11 is 0. The van der Waals surface area contributed by atoms with Gasteiger partial charge in [0.1, 0.15) is 0 Å². The Morgan fingerprint density at radius 2 is 0.614 bits per heavy atom. The Morgan fingerprint density at radius 3 is 0.737 bits per heavy atom. The molecule has 0 fully saturated rings. The van der Waals surface area contributed by atoms with E-state index >= 15 is 0 Å². The Kier molecular flexibility index (Phi) is 59.4. The standard InChI is InChI=1S/C28H58O15.C6H14O3.C3H4O2/c29-1-3-31-5-7-33-9-11-35-13-15-37-17-19-39-21-23-41-25-27-43-28-26-42-24-22-40-20-18-38-16-14-36-12-10-34-8-6-32-4-2-30;1-5(8)4-9-6(2)3-7;1-2-3(4)5/h29-30H,1-28H2;5-8H,3-4H2,1-2H3;2H,1H2,(H,4,5). The van der Waals surface area contributed by atoms with Gasteiger partial charge < -0.3 is 91.8 Å². The zero-order chi connectivity index (χ0) is 42.6. The Labute approximate surface area is 339 Å². The van der Waals surface area contributed by atoms with Gasteiger partial charge in [-0.15, -0.1) is 0 Å². The summed E-state index contributed by atoms with van der Waals surface area (Å²) in [5.41, 5.74) is 0. The first kappa shape index (κ1) is 59.8. The van der Waals surface area contributed by atoms with Crippen molar-refractivity contribution in [2.45, 2.75) is 26.1 Å². The molecule has 20 nitrogen and oxygen atoms in total. The summed E-state index contributed by atoms with van der Waals surface area (Å²) in [6, 6.07) is 0. The normalized spacial score (nSPS) is 12.0. The molecule has 0 heterocycles. The minimum Gasteiger partial charge on any atom is -0.478 e. The lowest BCUT2D eigenvalue weighted by molar-refractivity contribution is -0.131. The predicted molar refractivity (Wildman–Crippen MR) is 207 cm³/mol. The van der Waals surface area contributed by atoms with E-state index in [1.54, 1.807) is 13.8 Å². The van der Waals surface area contributed by atoms with E-state index in [0.717, 1.165) is 6.08 Å². The van der Waals surface area contributed by atoms with Crippen LogP contribution < -0.4 is 0 Å². The molecule has 0 aliphatic rings. The van der Waals surface area contributed by atoms with Crippen molar-refractivity contribution < 1.29 is 96.6 Å². The zero-order valence-electron chi connectivity index (χ0n) is 34.5. The fourth-order valence-corrected chi connectivity index (χ4v) is 3.23. The van der Waals surface area contributed by atoms with Crippen LogP contribution in [0.1, 0.15) is 13.8 Å². The predicted octanol–water partition coefficient (Wildman–Crippen LogP) is -0.792. The van der Waals surface area contributed by atoms with Crippen LogP contribution in [0.15, 0.2) is 12.7 Å². The third-order valence-electron chi connectivity index (χ3n) is 5.99. The van der Waals surface area contributed by atoms with Gasteiger partial charge in [-0.2, -0.15) is 0 Å². The van der Waals surface area contributed by atoms with Gasteiger partial charge in [0.15, 0.2) is 0 Å². The summed E-state index contributed by atoms with van der Waals surface area (Å²) in [6.45, 7) is 19.3. The fraction of sp³-hybridized carbons (Fsp3) is 0.919. The van der Waals surface area contributed by atoms with Gasteiger partial charge in [-0.1, -0.05) is 6.58 Å². The molecule has 0 bridgehead atoms. The van der Waals surface area contributed by atoms with Gasteiger partial charge in [0, 0.05) is 6.08 Å². The smallest absolute Gasteiger partial charge is 0.327 e. The molecule has 344 valence electrons. The molecule has 0 aromatic carbocycles. The minimum atomic E-state index is -0.981. The maximum Gasteiger partial charge on any atom is 0.327 e. The van der Waals surface area contributed by atoms with Crippen molar-refractivity contribution in [3.05, 3.63) is 12.7 Å². The van der Waals surface area contributed by atoms with Gasteiger partial charge in [0.05, 0.1) is 210 Å². The number of aliphatic hydroxyl groups excluding tert-OH is 4. The Hall–Kier alpha value is -1.51. The van der Waals surface area contributed by atoms with E-state index < -0.39 is 12.1 Å². The van der Waals surface area contributed by atoms with Crippen molar-refractivity contribution in [2.24, 2.45) is 0 Å². The zero-order valence-corrected chi connectivity index (χ0v) is 34.5. The lowest BCUT2D eigenvalue weighted by Crippen LogP contribution is -2.19. The largest absolute Gasteiger partial charge is 0.478 e. The second-order valence-corrected chi connectivity index (χ2v) is 11.1. The molecule has 2 atom stereocenters. The first-order valence-electron chi connectivity index (χ1n) is 19.3. The molecule has 0 radical (unpaired) electrons. The van der Waals surface area contributed by atoms with E-state index in [9.17, 15) is 4.79 Å². The number of rotatable bonds is 45. The average Bonchev–Trinajstić information content (AvgIpc) is 3.21. The second kappa shape index (κ2) is 56.6. The molecule has 0 aliphatic carbocycles. The maximum absolute atomic E-state index is 9.25. The highest BCUT2D eigenvalue weighted by atomic mass is 16.6. The van der Waals surface area contributed by atoms with E-state index in [4.69, 9.17) is 91.8 Å². The first-order chi connectivity index (χ1) is 27.8. The van der Waals surface area contributed by atoms with Crippen LogP contribution in [0.25, 0.3) is 0 Å². The molecule has 0 rings (SSSR count). The van der Waals surface area contributed by atoms with E-state index in [1.807, 2.05) is 0 Å². The van der Waals surface area contributed by atoms with Crippen molar-refractivity contribution in [1.29, 1.82) is 0 Å². The molecular weight excluding hydrogens is 764 g/mol. The average molecular weight is 841 g/mol. The quantitative estimate of drug-likeness (QED) is 0.0372. The Balaban J connectivity index is -0.00000175. The van der Waals surface area contributed by atoms with Gasteiger partial charge in [-0.05, 0) is 13.8 Å². The van der Waals surface area contributed by atoms with Crippen molar-refractivity contribution >= 4 is 5.97 Å². The fourth-order valence-electron chi connectivity index (χ4n) is 3.23. The summed E-state index contributed by atoms with van der Waals surface area (Å²) in [5.74, 6) is -0.981. The molecule has 2 unspecified atom stereocenters.